The Balaban J connectivity index is 1.45. The molecule has 1 saturated heterocycles. The van der Waals surface area contributed by atoms with Crippen LogP contribution < -0.4 is 14.4 Å². The summed E-state index contributed by atoms with van der Waals surface area (Å²) in [6, 6.07) is 24.2. The second kappa shape index (κ2) is 10.0. The third-order valence-corrected chi connectivity index (χ3v) is 6.06. The van der Waals surface area contributed by atoms with Crippen LogP contribution in [-0.4, -0.2) is 23.4 Å². The van der Waals surface area contributed by atoms with Crippen LogP contribution in [0.3, 0.4) is 0 Å². The molecule has 0 unspecified atom stereocenters. The van der Waals surface area contributed by atoms with Gasteiger partial charge in [-0.3, -0.25) is 9.69 Å². The van der Waals surface area contributed by atoms with Gasteiger partial charge in [0, 0.05) is 5.56 Å². The molecule has 7 heteroatoms. The van der Waals surface area contributed by atoms with E-state index in [-0.39, 0.29) is 5.91 Å². The first-order chi connectivity index (χ1) is 15.1. The summed E-state index contributed by atoms with van der Waals surface area (Å²) in [7, 11) is 0. The number of rotatable bonds is 7. The molecule has 1 fully saturated rings. The van der Waals surface area contributed by atoms with Crippen molar-refractivity contribution in [2.24, 2.45) is 0 Å². The molecule has 0 N–H and O–H groups in total. The van der Waals surface area contributed by atoms with Gasteiger partial charge in [0.15, 0.2) is 4.32 Å². The lowest BCUT2D eigenvalue weighted by atomic mass is 10.2. The summed E-state index contributed by atoms with van der Waals surface area (Å²) in [4.78, 5) is 15.1. The molecule has 4 rings (SSSR count). The average molecular weight is 468 g/mol. The maximum absolute atomic E-state index is 13.0. The maximum Gasteiger partial charge on any atom is 0.270 e. The molecule has 156 valence electrons. The van der Waals surface area contributed by atoms with Gasteiger partial charge in [0.1, 0.15) is 24.7 Å². The molecule has 0 saturated carbocycles. The summed E-state index contributed by atoms with van der Waals surface area (Å²) < 4.78 is 12.1. The van der Waals surface area contributed by atoms with Crippen LogP contribution in [0.1, 0.15) is 5.56 Å². The third kappa shape index (κ3) is 5.10. The molecule has 3 aromatic carbocycles. The van der Waals surface area contributed by atoms with E-state index in [2.05, 4.69) is 0 Å². The van der Waals surface area contributed by atoms with E-state index in [1.165, 1.54) is 11.8 Å². The van der Waals surface area contributed by atoms with Crippen molar-refractivity contribution >= 4 is 57.6 Å². The number of thiocarbonyl (C=S) groups is 1. The number of amides is 1. The Hall–Kier alpha value is -2.80. The van der Waals surface area contributed by atoms with Crippen molar-refractivity contribution < 1.29 is 14.3 Å². The molecule has 0 bridgehead atoms. The zero-order chi connectivity index (χ0) is 21.6. The van der Waals surface area contributed by atoms with Gasteiger partial charge in [-0.15, -0.1) is 0 Å². The number of carbonyl (C=O) groups is 1. The Morgan fingerprint density at radius 3 is 2.23 bits per heavy atom. The Morgan fingerprint density at radius 1 is 0.871 bits per heavy atom. The predicted octanol–water partition coefficient (Wildman–Crippen LogP) is 6.20. The summed E-state index contributed by atoms with van der Waals surface area (Å²) in [6.45, 7) is 0.676. The Morgan fingerprint density at radius 2 is 1.48 bits per heavy atom. The van der Waals surface area contributed by atoms with Gasteiger partial charge in [0.05, 0.1) is 15.6 Å². The Kier molecular flexibility index (Phi) is 6.92. The SMILES string of the molecule is O=C1C(=Cc2ccccc2OCCOc2ccccc2Cl)SC(=S)N1c1ccccc1. The number of carbonyl (C=O) groups excluding carboxylic acids is 1. The quantitative estimate of drug-likeness (QED) is 0.235. The molecule has 0 radical (unpaired) electrons. The van der Waals surface area contributed by atoms with Crippen molar-refractivity contribution in [1.82, 2.24) is 0 Å². The van der Waals surface area contributed by atoms with Crippen LogP contribution in [0, 0.1) is 0 Å². The van der Waals surface area contributed by atoms with Gasteiger partial charge in [-0.1, -0.05) is 84.1 Å². The van der Waals surface area contributed by atoms with Gasteiger partial charge >= 0.3 is 0 Å². The average Bonchev–Trinajstić information content (AvgIpc) is 3.07. The van der Waals surface area contributed by atoms with Gasteiger partial charge in [0.2, 0.25) is 0 Å². The van der Waals surface area contributed by atoms with Crippen LogP contribution in [0.4, 0.5) is 5.69 Å². The number of anilines is 1. The monoisotopic (exact) mass is 467 g/mol. The summed E-state index contributed by atoms with van der Waals surface area (Å²) in [5.74, 6) is 1.14. The van der Waals surface area contributed by atoms with Gasteiger partial charge < -0.3 is 9.47 Å². The molecule has 1 amide bonds. The first kappa shape index (κ1) is 21.4. The standard InChI is InChI=1S/C24H18ClNO3S2/c25-19-11-5-7-13-21(19)29-15-14-28-20-12-6-4-8-17(20)16-22-23(27)26(24(30)31-22)18-9-2-1-3-10-18/h1-13,16H,14-15H2. The molecule has 3 aromatic rings. The van der Waals surface area contributed by atoms with Crippen LogP contribution >= 0.6 is 35.6 Å². The first-order valence-electron chi connectivity index (χ1n) is 9.55. The molecule has 0 atom stereocenters. The number of benzene rings is 3. The number of halogens is 1. The minimum absolute atomic E-state index is 0.141. The summed E-state index contributed by atoms with van der Waals surface area (Å²) in [5, 5.41) is 0.559. The molecular weight excluding hydrogens is 450 g/mol. The first-order valence-corrected chi connectivity index (χ1v) is 11.2. The van der Waals surface area contributed by atoms with E-state index in [9.17, 15) is 4.79 Å². The number of nitrogens with zero attached hydrogens (tertiary/aromatic N) is 1. The highest BCUT2D eigenvalue weighted by atomic mass is 35.5. The minimum atomic E-state index is -0.141. The van der Waals surface area contributed by atoms with Gasteiger partial charge in [0.25, 0.3) is 5.91 Å². The van der Waals surface area contributed by atoms with Crippen LogP contribution in [0.5, 0.6) is 11.5 Å². The zero-order valence-corrected chi connectivity index (χ0v) is 18.8. The fourth-order valence-corrected chi connectivity index (χ4v) is 4.49. The van der Waals surface area contributed by atoms with E-state index >= 15 is 0 Å². The van der Waals surface area contributed by atoms with Crippen LogP contribution in [0.15, 0.2) is 83.8 Å². The highest BCUT2D eigenvalue weighted by Crippen LogP contribution is 2.37. The topological polar surface area (TPSA) is 38.8 Å². The summed E-state index contributed by atoms with van der Waals surface area (Å²) >= 11 is 12.8. The van der Waals surface area contributed by atoms with Crippen molar-refractivity contribution in [1.29, 1.82) is 0 Å². The molecule has 0 aliphatic carbocycles. The molecular formula is C24H18ClNO3S2. The largest absolute Gasteiger partial charge is 0.489 e. The predicted molar refractivity (Wildman–Crippen MR) is 131 cm³/mol. The number of hydrogen-bond acceptors (Lipinski definition) is 5. The lowest BCUT2D eigenvalue weighted by molar-refractivity contribution is -0.113. The Labute approximate surface area is 195 Å². The van der Waals surface area contributed by atoms with Gasteiger partial charge in [-0.05, 0) is 36.4 Å². The zero-order valence-electron chi connectivity index (χ0n) is 16.4. The molecule has 1 aliphatic rings. The van der Waals surface area contributed by atoms with Crippen LogP contribution in [0.25, 0.3) is 6.08 Å². The molecule has 1 aliphatic heterocycles. The van der Waals surface area contributed by atoms with Crippen LogP contribution in [-0.2, 0) is 4.79 Å². The van der Waals surface area contributed by atoms with E-state index in [4.69, 9.17) is 33.3 Å². The fraction of sp³-hybridized carbons (Fsp3) is 0.0833. The number of para-hydroxylation sites is 3. The normalized spacial score (nSPS) is 14.9. The van der Waals surface area contributed by atoms with Crippen molar-refractivity contribution in [3.05, 3.63) is 94.4 Å². The number of thioether (sulfide) groups is 1. The molecule has 1 heterocycles. The van der Waals surface area contributed by atoms with E-state index < -0.39 is 0 Å². The highest BCUT2D eigenvalue weighted by molar-refractivity contribution is 8.27. The van der Waals surface area contributed by atoms with Crippen molar-refractivity contribution in [3.63, 3.8) is 0 Å². The second-order valence-electron chi connectivity index (χ2n) is 6.52. The van der Waals surface area contributed by atoms with E-state index in [0.717, 1.165) is 11.3 Å². The van der Waals surface area contributed by atoms with E-state index in [0.29, 0.717) is 39.0 Å². The van der Waals surface area contributed by atoms with Gasteiger partial charge in [-0.2, -0.15) is 0 Å². The summed E-state index contributed by atoms with van der Waals surface area (Å²) in [6.07, 6.45) is 1.81. The van der Waals surface area contributed by atoms with Crippen molar-refractivity contribution in [2.45, 2.75) is 0 Å². The molecule has 0 spiro atoms. The lowest BCUT2D eigenvalue weighted by Gasteiger charge is -2.14. The Bertz CT molecular complexity index is 1130. The molecule has 31 heavy (non-hydrogen) atoms. The minimum Gasteiger partial charge on any atom is -0.489 e. The van der Waals surface area contributed by atoms with E-state index in [1.54, 1.807) is 11.0 Å². The second-order valence-corrected chi connectivity index (χ2v) is 8.60. The highest BCUT2D eigenvalue weighted by Gasteiger charge is 2.33. The number of ether oxygens (including phenoxy) is 2. The number of hydrogen-bond donors (Lipinski definition) is 0. The summed E-state index contributed by atoms with van der Waals surface area (Å²) in [5.41, 5.74) is 1.56. The van der Waals surface area contributed by atoms with Crippen LogP contribution in [0.2, 0.25) is 5.02 Å². The molecule has 0 aromatic heterocycles. The lowest BCUT2D eigenvalue weighted by Crippen LogP contribution is -2.27. The van der Waals surface area contributed by atoms with Crippen molar-refractivity contribution in [3.8, 4) is 11.5 Å². The van der Waals surface area contributed by atoms with E-state index in [1.807, 2.05) is 78.9 Å². The molecule has 4 nitrogen and oxygen atoms in total. The fourth-order valence-electron chi connectivity index (χ4n) is 3.00. The maximum atomic E-state index is 13.0. The van der Waals surface area contributed by atoms with Crippen molar-refractivity contribution in [2.75, 3.05) is 18.1 Å². The van der Waals surface area contributed by atoms with Gasteiger partial charge in [-0.25, -0.2) is 0 Å². The third-order valence-electron chi connectivity index (χ3n) is 4.45. The smallest absolute Gasteiger partial charge is 0.270 e.